The fourth-order valence-corrected chi connectivity index (χ4v) is 3.29. The van der Waals surface area contributed by atoms with Gasteiger partial charge in [0.25, 0.3) is 5.69 Å². The molecule has 0 spiro atoms. The van der Waals surface area contributed by atoms with Crippen molar-refractivity contribution in [3.63, 3.8) is 0 Å². The first-order valence-corrected chi connectivity index (χ1v) is 8.55. The molecule has 1 heterocycles. The molecule has 1 unspecified atom stereocenters. The van der Waals surface area contributed by atoms with Gasteiger partial charge < -0.3 is 14.8 Å². The number of ether oxygens (including phenoxy) is 2. The van der Waals surface area contributed by atoms with Gasteiger partial charge in [-0.05, 0) is 42.5 Å². The summed E-state index contributed by atoms with van der Waals surface area (Å²) in [5.41, 5.74) is 1.78. The zero-order valence-corrected chi connectivity index (χ0v) is 14.2. The van der Waals surface area contributed by atoms with Crippen LogP contribution in [0.4, 0.5) is 5.69 Å². The van der Waals surface area contributed by atoms with E-state index >= 15 is 0 Å². The predicted octanol–water partition coefficient (Wildman–Crippen LogP) is 4.22. The second-order valence-corrected chi connectivity index (χ2v) is 6.78. The van der Waals surface area contributed by atoms with Crippen LogP contribution in [-0.4, -0.2) is 11.7 Å². The highest BCUT2D eigenvalue weighted by Crippen LogP contribution is 2.42. The molecular formula is C18H17ClN2O4. The Labute approximate surface area is 149 Å². The number of rotatable bonds is 6. The zero-order valence-electron chi connectivity index (χ0n) is 13.4. The minimum atomic E-state index is -0.382. The van der Waals surface area contributed by atoms with E-state index in [0.29, 0.717) is 34.5 Å². The summed E-state index contributed by atoms with van der Waals surface area (Å²) >= 11 is 5.97. The number of nitro groups is 1. The highest BCUT2D eigenvalue weighted by atomic mass is 35.5. The smallest absolute Gasteiger partial charge is 0.277 e. The van der Waals surface area contributed by atoms with Crippen molar-refractivity contribution in [1.82, 2.24) is 5.32 Å². The molecule has 1 fully saturated rings. The number of halogens is 1. The summed E-state index contributed by atoms with van der Waals surface area (Å²) in [6.45, 7) is 0.482. The van der Waals surface area contributed by atoms with E-state index in [2.05, 4.69) is 5.32 Å². The van der Waals surface area contributed by atoms with Gasteiger partial charge in [0.1, 0.15) is 0 Å². The van der Waals surface area contributed by atoms with E-state index in [1.54, 1.807) is 6.07 Å². The number of nitrogens with one attached hydrogen (secondary N) is 1. The molecule has 1 saturated carbocycles. The Hall–Kier alpha value is -2.31. The molecule has 1 aliphatic heterocycles. The number of hydrogen-bond donors (Lipinski definition) is 1. The lowest BCUT2D eigenvalue weighted by molar-refractivity contribution is -0.385. The molecule has 0 saturated heterocycles. The van der Waals surface area contributed by atoms with Gasteiger partial charge in [0.15, 0.2) is 11.5 Å². The molecule has 1 atom stereocenters. The van der Waals surface area contributed by atoms with Crippen LogP contribution in [0.3, 0.4) is 0 Å². The first kappa shape index (κ1) is 16.2. The molecule has 25 heavy (non-hydrogen) atoms. The van der Waals surface area contributed by atoms with Crippen LogP contribution in [0.5, 0.6) is 11.5 Å². The van der Waals surface area contributed by atoms with E-state index in [-0.39, 0.29) is 23.4 Å². The minimum absolute atomic E-state index is 0.0439. The summed E-state index contributed by atoms with van der Waals surface area (Å²) in [5, 5.41) is 15.6. The van der Waals surface area contributed by atoms with Crippen LogP contribution in [-0.2, 0) is 6.54 Å². The summed E-state index contributed by atoms with van der Waals surface area (Å²) in [7, 11) is 0. The molecule has 130 valence electrons. The molecule has 2 aromatic carbocycles. The molecule has 2 aromatic rings. The maximum Gasteiger partial charge on any atom is 0.277 e. The van der Waals surface area contributed by atoms with Crippen molar-refractivity contribution >= 4 is 17.3 Å². The van der Waals surface area contributed by atoms with E-state index in [1.165, 1.54) is 6.07 Å². The predicted molar refractivity (Wildman–Crippen MR) is 93.0 cm³/mol. The Kier molecular flexibility index (Phi) is 4.23. The van der Waals surface area contributed by atoms with Crippen LogP contribution >= 0.6 is 11.6 Å². The van der Waals surface area contributed by atoms with Crippen LogP contribution in [0, 0.1) is 16.0 Å². The quantitative estimate of drug-likeness (QED) is 0.616. The van der Waals surface area contributed by atoms with E-state index < -0.39 is 0 Å². The van der Waals surface area contributed by atoms with Crippen LogP contribution < -0.4 is 14.8 Å². The second kappa shape index (κ2) is 6.54. The highest BCUT2D eigenvalue weighted by Gasteiger charge is 2.32. The molecule has 2 aliphatic rings. The van der Waals surface area contributed by atoms with E-state index in [4.69, 9.17) is 21.1 Å². The molecule has 1 N–H and O–H groups in total. The third-order valence-corrected chi connectivity index (χ3v) is 4.86. The average Bonchev–Trinajstić information content (AvgIpc) is 3.33. The van der Waals surface area contributed by atoms with Gasteiger partial charge in [-0.1, -0.05) is 23.7 Å². The largest absolute Gasteiger partial charge is 0.454 e. The van der Waals surface area contributed by atoms with Crippen molar-refractivity contribution in [1.29, 1.82) is 0 Å². The van der Waals surface area contributed by atoms with Gasteiger partial charge >= 0.3 is 0 Å². The van der Waals surface area contributed by atoms with Crippen LogP contribution in [0.2, 0.25) is 5.02 Å². The van der Waals surface area contributed by atoms with Crippen molar-refractivity contribution in [2.75, 3.05) is 6.79 Å². The molecule has 6 nitrogen and oxygen atoms in total. The van der Waals surface area contributed by atoms with Gasteiger partial charge in [0.05, 0.1) is 11.0 Å². The number of fused-ring (bicyclic) bond motifs is 1. The topological polar surface area (TPSA) is 73.6 Å². The van der Waals surface area contributed by atoms with Gasteiger partial charge in [-0.2, -0.15) is 0 Å². The number of nitro benzene ring substituents is 1. The molecule has 4 rings (SSSR count). The van der Waals surface area contributed by atoms with Gasteiger partial charge in [-0.3, -0.25) is 10.1 Å². The molecule has 0 aromatic heterocycles. The fraction of sp³-hybridized carbons (Fsp3) is 0.333. The number of nitrogens with zero attached hydrogens (tertiary/aromatic N) is 1. The van der Waals surface area contributed by atoms with E-state index in [9.17, 15) is 10.1 Å². The molecule has 0 radical (unpaired) electrons. The SMILES string of the molecule is O=[N+]([O-])c1cc2c(cc1CNC(c1ccc(Cl)cc1)C1CC1)OCO2. The Morgan fingerprint density at radius 2 is 1.88 bits per heavy atom. The molecular weight excluding hydrogens is 344 g/mol. The summed E-state index contributed by atoms with van der Waals surface area (Å²) in [5.74, 6) is 1.53. The fourth-order valence-electron chi connectivity index (χ4n) is 3.16. The zero-order chi connectivity index (χ0) is 17.4. The van der Waals surface area contributed by atoms with Gasteiger partial charge in [-0.25, -0.2) is 0 Å². The molecule has 7 heteroatoms. The normalized spacial score (nSPS) is 16.7. The average molecular weight is 361 g/mol. The summed E-state index contributed by atoms with van der Waals surface area (Å²) in [6, 6.07) is 11.0. The van der Waals surface area contributed by atoms with Crippen molar-refractivity contribution in [2.45, 2.75) is 25.4 Å². The summed E-state index contributed by atoms with van der Waals surface area (Å²) < 4.78 is 10.6. The number of hydrogen-bond acceptors (Lipinski definition) is 5. The first-order valence-electron chi connectivity index (χ1n) is 8.17. The maximum absolute atomic E-state index is 11.4. The van der Waals surface area contributed by atoms with Gasteiger partial charge in [-0.15, -0.1) is 0 Å². The maximum atomic E-state index is 11.4. The Bertz CT molecular complexity index is 805. The number of benzene rings is 2. The first-order chi connectivity index (χ1) is 12.1. The standard InChI is InChI=1S/C18H17ClN2O4/c19-14-5-3-12(4-6-14)18(11-1-2-11)20-9-13-7-16-17(25-10-24-16)8-15(13)21(22)23/h3-8,11,18,20H,1-2,9-10H2. The molecule has 0 bridgehead atoms. The highest BCUT2D eigenvalue weighted by molar-refractivity contribution is 6.30. The van der Waals surface area contributed by atoms with E-state index in [1.807, 2.05) is 24.3 Å². The Morgan fingerprint density at radius 1 is 1.20 bits per heavy atom. The minimum Gasteiger partial charge on any atom is -0.454 e. The lowest BCUT2D eigenvalue weighted by atomic mass is 10.0. The van der Waals surface area contributed by atoms with Gasteiger partial charge in [0.2, 0.25) is 6.79 Å². The summed E-state index contributed by atoms with van der Waals surface area (Å²) in [6.07, 6.45) is 2.31. The van der Waals surface area contributed by atoms with Crippen molar-refractivity contribution < 1.29 is 14.4 Å². The van der Waals surface area contributed by atoms with E-state index in [0.717, 1.165) is 18.4 Å². The third-order valence-electron chi connectivity index (χ3n) is 4.61. The van der Waals surface area contributed by atoms with Crippen molar-refractivity contribution in [2.24, 2.45) is 5.92 Å². The van der Waals surface area contributed by atoms with Crippen molar-refractivity contribution in [3.05, 3.63) is 62.7 Å². The lowest BCUT2D eigenvalue weighted by Crippen LogP contribution is -2.23. The van der Waals surface area contributed by atoms with Crippen LogP contribution in [0.15, 0.2) is 36.4 Å². The Balaban J connectivity index is 1.57. The third kappa shape index (κ3) is 3.41. The van der Waals surface area contributed by atoms with Crippen molar-refractivity contribution in [3.8, 4) is 11.5 Å². The molecule has 0 amide bonds. The summed E-state index contributed by atoms with van der Waals surface area (Å²) in [4.78, 5) is 11.0. The Morgan fingerprint density at radius 3 is 2.52 bits per heavy atom. The van der Waals surface area contributed by atoms with Crippen LogP contribution in [0.25, 0.3) is 0 Å². The van der Waals surface area contributed by atoms with Gasteiger partial charge in [0, 0.05) is 23.2 Å². The molecule has 1 aliphatic carbocycles. The monoisotopic (exact) mass is 360 g/mol. The van der Waals surface area contributed by atoms with Crippen LogP contribution in [0.1, 0.15) is 30.0 Å². The lowest BCUT2D eigenvalue weighted by Gasteiger charge is -2.19. The second-order valence-electron chi connectivity index (χ2n) is 6.34.